The van der Waals surface area contributed by atoms with Crippen molar-refractivity contribution in [1.82, 2.24) is 19.6 Å². The molecule has 1 saturated heterocycles. The number of Topliss-reactive ketones (excluding diaryl/α,β-unsaturated/α-hetero) is 1. The van der Waals surface area contributed by atoms with Crippen LogP contribution in [0.4, 0.5) is 5.82 Å². The molecule has 0 bridgehead atoms. The van der Waals surface area contributed by atoms with Crippen LogP contribution in [0, 0.1) is 22.7 Å². The Bertz CT molecular complexity index is 1280. The topological polar surface area (TPSA) is 87.2 Å². The van der Waals surface area contributed by atoms with Crippen molar-refractivity contribution < 1.29 is 4.79 Å². The Labute approximate surface area is 200 Å². The number of aromatic nitrogens is 4. The molecule has 0 N–H and O–H groups in total. The molecule has 2 fully saturated rings. The number of carbonyl (C=O) groups excluding carboxylic acids is 1. The van der Waals surface area contributed by atoms with Crippen molar-refractivity contribution in [3.05, 3.63) is 41.9 Å². The first kappa shape index (κ1) is 22.5. The van der Waals surface area contributed by atoms with Gasteiger partial charge in [-0.2, -0.15) is 10.4 Å². The molecule has 3 aromatic rings. The van der Waals surface area contributed by atoms with E-state index in [0.717, 1.165) is 48.5 Å². The third kappa shape index (κ3) is 3.96. The first-order valence-corrected chi connectivity index (χ1v) is 12.4. The minimum Gasteiger partial charge on any atom is -0.352 e. The molecule has 0 aromatic carbocycles. The zero-order chi connectivity index (χ0) is 24.0. The highest BCUT2D eigenvalue weighted by atomic mass is 16.1. The molecule has 2 atom stereocenters. The summed E-state index contributed by atoms with van der Waals surface area (Å²) in [4.78, 5) is 24.8. The zero-order valence-electron chi connectivity index (χ0n) is 20.5. The number of hydrogen-bond donors (Lipinski definition) is 0. The standard InChI is InChI=1S/C27H32N6O/c1-5-20-13-19(25(34)27(2,3)4)9-11-32(20)26-24-21(18-6-7-18)14-23(33(24)31-16-30-26)22-12-17(15-28)8-10-29-22/h8,10,12,14,16,18-20H,5-7,9,11,13H2,1-4H3/t19-,20-/m1/s1. The Balaban J connectivity index is 1.58. The van der Waals surface area contributed by atoms with Crippen molar-refractivity contribution in [2.75, 3.05) is 11.4 Å². The number of anilines is 1. The molecule has 1 saturated carbocycles. The van der Waals surface area contributed by atoms with Gasteiger partial charge in [-0.05, 0) is 61.8 Å². The van der Waals surface area contributed by atoms with Gasteiger partial charge >= 0.3 is 0 Å². The summed E-state index contributed by atoms with van der Waals surface area (Å²) in [7, 11) is 0. The van der Waals surface area contributed by atoms with Crippen LogP contribution in [0.3, 0.4) is 0 Å². The van der Waals surface area contributed by atoms with E-state index in [-0.39, 0.29) is 17.4 Å². The van der Waals surface area contributed by atoms with Crippen LogP contribution < -0.4 is 4.90 Å². The predicted octanol–water partition coefficient (Wildman–Crippen LogP) is 5.15. The fraction of sp³-hybridized carbons (Fsp3) is 0.519. The van der Waals surface area contributed by atoms with E-state index in [1.165, 1.54) is 18.4 Å². The number of fused-ring (bicyclic) bond motifs is 1. The van der Waals surface area contributed by atoms with E-state index < -0.39 is 0 Å². The SMILES string of the molecule is CC[C@@H]1C[C@H](C(=O)C(C)(C)C)CCN1c1ncnn2c(-c3cc(C#N)ccn3)cc(C3CC3)c12. The molecule has 7 nitrogen and oxygen atoms in total. The van der Waals surface area contributed by atoms with Crippen molar-refractivity contribution in [2.45, 2.75) is 71.8 Å². The predicted molar refractivity (Wildman–Crippen MR) is 132 cm³/mol. The van der Waals surface area contributed by atoms with E-state index >= 15 is 0 Å². The summed E-state index contributed by atoms with van der Waals surface area (Å²) in [6.07, 6.45) is 8.30. The number of piperidine rings is 1. The lowest BCUT2D eigenvalue weighted by Gasteiger charge is -2.41. The molecule has 0 radical (unpaired) electrons. The molecular weight excluding hydrogens is 424 g/mol. The average Bonchev–Trinajstić information content (AvgIpc) is 3.62. The molecule has 1 aliphatic heterocycles. The molecule has 0 unspecified atom stereocenters. The highest BCUT2D eigenvalue weighted by molar-refractivity contribution is 5.86. The molecule has 7 heteroatoms. The highest BCUT2D eigenvalue weighted by Gasteiger charge is 2.38. The monoisotopic (exact) mass is 456 g/mol. The molecule has 3 aromatic heterocycles. The second-order valence-corrected chi connectivity index (χ2v) is 10.7. The van der Waals surface area contributed by atoms with E-state index in [4.69, 9.17) is 4.98 Å². The number of rotatable bonds is 5. The smallest absolute Gasteiger partial charge is 0.157 e. The van der Waals surface area contributed by atoms with Gasteiger partial charge in [-0.15, -0.1) is 0 Å². The van der Waals surface area contributed by atoms with Crippen LogP contribution in [0.2, 0.25) is 0 Å². The third-order valence-corrected chi connectivity index (χ3v) is 7.30. The van der Waals surface area contributed by atoms with E-state index in [1.54, 1.807) is 18.6 Å². The largest absolute Gasteiger partial charge is 0.352 e. The summed E-state index contributed by atoms with van der Waals surface area (Å²) in [5.41, 5.74) is 4.21. The van der Waals surface area contributed by atoms with Gasteiger partial charge < -0.3 is 4.90 Å². The van der Waals surface area contributed by atoms with Crippen molar-refractivity contribution in [3.63, 3.8) is 0 Å². The number of ketones is 1. The molecule has 0 spiro atoms. The molecule has 2 aliphatic rings. The second kappa shape index (κ2) is 8.50. The zero-order valence-corrected chi connectivity index (χ0v) is 20.5. The number of hydrogen-bond acceptors (Lipinski definition) is 6. The lowest BCUT2D eigenvalue weighted by Crippen LogP contribution is -2.46. The number of pyridine rings is 1. The van der Waals surface area contributed by atoms with Gasteiger partial charge in [-0.3, -0.25) is 9.78 Å². The third-order valence-electron chi connectivity index (χ3n) is 7.30. The lowest BCUT2D eigenvalue weighted by atomic mass is 9.76. The van der Waals surface area contributed by atoms with Gasteiger partial charge in [-0.1, -0.05) is 27.7 Å². The van der Waals surface area contributed by atoms with Crippen LogP contribution in [0.25, 0.3) is 16.9 Å². The van der Waals surface area contributed by atoms with Crippen molar-refractivity contribution in [2.24, 2.45) is 11.3 Å². The molecule has 5 rings (SSSR count). The first-order valence-electron chi connectivity index (χ1n) is 12.4. The van der Waals surface area contributed by atoms with Crippen LogP contribution in [-0.2, 0) is 4.79 Å². The fourth-order valence-corrected chi connectivity index (χ4v) is 5.36. The summed E-state index contributed by atoms with van der Waals surface area (Å²) in [5.74, 6) is 1.92. The summed E-state index contributed by atoms with van der Waals surface area (Å²) < 4.78 is 1.96. The van der Waals surface area contributed by atoms with E-state index in [2.05, 4.69) is 34.0 Å². The molecule has 4 heterocycles. The van der Waals surface area contributed by atoms with Gasteiger partial charge in [0.25, 0.3) is 0 Å². The summed E-state index contributed by atoms with van der Waals surface area (Å²) in [6, 6.07) is 8.19. The Hall–Kier alpha value is -3.27. The van der Waals surface area contributed by atoms with Crippen LogP contribution in [0.1, 0.15) is 76.8 Å². The van der Waals surface area contributed by atoms with Crippen LogP contribution in [0.5, 0.6) is 0 Å². The van der Waals surface area contributed by atoms with E-state index in [1.807, 2.05) is 31.4 Å². The van der Waals surface area contributed by atoms with E-state index in [9.17, 15) is 10.1 Å². The Morgan fingerprint density at radius 3 is 2.68 bits per heavy atom. The summed E-state index contributed by atoms with van der Waals surface area (Å²) >= 11 is 0. The maximum Gasteiger partial charge on any atom is 0.157 e. The minimum absolute atomic E-state index is 0.0993. The Kier molecular flexibility index (Phi) is 5.63. The Morgan fingerprint density at radius 2 is 2.00 bits per heavy atom. The fourth-order valence-electron chi connectivity index (χ4n) is 5.36. The molecule has 1 aliphatic carbocycles. The normalized spacial score (nSPS) is 21.0. The van der Waals surface area contributed by atoms with Gasteiger partial charge in [0.1, 0.15) is 17.6 Å². The van der Waals surface area contributed by atoms with Crippen LogP contribution >= 0.6 is 0 Å². The van der Waals surface area contributed by atoms with Gasteiger partial charge in [0, 0.05) is 30.1 Å². The van der Waals surface area contributed by atoms with Gasteiger partial charge in [0.2, 0.25) is 0 Å². The number of nitriles is 1. The average molecular weight is 457 g/mol. The highest BCUT2D eigenvalue weighted by Crippen LogP contribution is 2.46. The van der Waals surface area contributed by atoms with Crippen molar-refractivity contribution in [1.29, 1.82) is 5.26 Å². The minimum atomic E-state index is -0.312. The maximum atomic E-state index is 13.0. The molecule has 176 valence electrons. The lowest BCUT2D eigenvalue weighted by molar-refractivity contribution is -0.131. The van der Waals surface area contributed by atoms with Crippen molar-refractivity contribution in [3.8, 4) is 17.5 Å². The number of nitrogens with zero attached hydrogens (tertiary/aromatic N) is 6. The number of carbonyl (C=O) groups is 1. The van der Waals surface area contributed by atoms with E-state index in [0.29, 0.717) is 17.3 Å². The maximum absolute atomic E-state index is 13.0. The first-order chi connectivity index (χ1) is 16.3. The second-order valence-electron chi connectivity index (χ2n) is 10.7. The van der Waals surface area contributed by atoms with Gasteiger partial charge in [0.05, 0.1) is 23.0 Å². The molecule has 34 heavy (non-hydrogen) atoms. The van der Waals surface area contributed by atoms with Gasteiger partial charge in [0.15, 0.2) is 5.82 Å². The molecule has 0 amide bonds. The summed E-state index contributed by atoms with van der Waals surface area (Å²) in [5, 5.41) is 14.0. The molecular formula is C27H32N6O. The van der Waals surface area contributed by atoms with Crippen LogP contribution in [-0.4, -0.2) is 38.0 Å². The van der Waals surface area contributed by atoms with Crippen LogP contribution in [0.15, 0.2) is 30.7 Å². The Morgan fingerprint density at radius 1 is 1.21 bits per heavy atom. The quantitative estimate of drug-likeness (QED) is 0.528. The van der Waals surface area contributed by atoms with Crippen molar-refractivity contribution >= 4 is 17.1 Å². The van der Waals surface area contributed by atoms with Gasteiger partial charge in [-0.25, -0.2) is 9.50 Å². The summed E-state index contributed by atoms with van der Waals surface area (Å²) in [6.45, 7) is 9.08.